The average Bonchev–Trinajstić information content (AvgIpc) is 3.07. The highest BCUT2D eigenvalue weighted by Crippen LogP contribution is 2.18. The van der Waals surface area contributed by atoms with Crippen molar-refractivity contribution in [3.05, 3.63) is 42.2 Å². The molecule has 0 saturated heterocycles. The zero-order chi connectivity index (χ0) is 12.4. The second-order valence-electron chi connectivity index (χ2n) is 4.49. The van der Waals surface area contributed by atoms with Gasteiger partial charge in [0.15, 0.2) is 0 Å². The van der Waals surface area contributed by atoms with Crippen molar-refractivity contribution in [1.29, 1.82) is 0 Å². The van der Waals surface area contributed by atoms with Crippen LogP contribution in [0.2, 0.25) is 0 Å². The van der Waals surface area contributed by atoms with Crippen molar-refractivity contribution in [2.75, 3.05) is 0 Å². The molecular weight excluding hydrogens is 228 g/mol. The fourth-order valence-corrected chi connectivity index (χ4v) is 1.83. The number of rotatable bonds is 4. The second kappa shape index (κ2) is 4.60. The monoisotopic (exact) mass is 242 g/mol. The van der Waals surface area contributed by atoms with Crippen LogP contribution in [-0.4, -0.2) is 26.9 Å². The number of hydrogen-bond donors (Lipinski definition) is 1. The Labute approximate surface area is 105 Å². The molecule has 5 nitrogen and oxygen atoms in total. The first-order valence-corrected chi connectivity index (χ1v) is 6.07. The maximum absolute atomic E-state index is 11.8. The van der Waals surface area contributed by atoms with Crippen molar-refractivity contribution in [3.63, 3.8) is 0 Å². The van der Waals surface area contributed by atoms with Gasteiger partial charge in [-0.1, -0.05) is 23.4 Å². The summed E-state index contributed by atoms with van der Waals surface area (Å²) in [6.07, 6.45) is 4.15. The first-order chi connectivity index (χ1) is 8.83. The van der Waals surface area contributed by atoms with Crippen LogP contribution in [0.4, 0.5) is 0 Å². The molecule has 3 rings (SSSR count). The largest absolute Gasteiger partial charge is 0.353 e. The van der Waals surface area contributed by atoms with Gasteiger partial charge in [0.05, 0.1) is 24.0 Å². The lowest BCUT2D eigenvalue weighted by molar-refractivity contribution is -0.120. The molecular formula is C13H14N4O. The summed E-state index contributed by atoms with van der Waals surface area (Å²) in [4.78, 5) is 11.8. The molecule has 1 aromatic carbocycles. The van der Waals surface area contributed by atoms with Gasteiger partial charge < -0.3 is 5.32 Å². The second-order valence-corrected chi connectivity index (χ2v) is 4.49. The molecule has 2 aromatic rings. The zero-order valence-corrected chi connectivity index (χ0v) is 9.91. The highest BCUT2D eigenvalue weighted by Gasteiger charge is 2.23. The lowest BCUT2D eigenvalue weighted by Gasteiger charge is -2.06. The Balaban J connectivity index is 1.76. The Morgan fingerprint density at radius 2 is 2.11 bits per heavy atom. The molecule has 0 unspecified atom stereocenters. The van der Waals surface area contributed by atoms with Crippen molar-refractivity contribution >= 4 is 5.91 Å². The molecule has 1 fully saturated rings. The van der Waals surface area contributed by atoms with E-state index in [-0.39, 0.29) is 5.91 Å². The Kier molecular flexibility index (Phi) is 2.80. The van der Waals surface area contributed by atoms with Crippen LogP contribution in [0, 0.1) is 0 Å². The molecule has 1 N–H and O–H groups in total. The molecule has 0 bridgehead atoms. The normalized spacial score (nSPS) is 14.4. The summed E-state index contributed by atoms with van der Waals surface area (Å²) < 4.78 is 1.70. The number of carbonyl (C=O) groups is 1. The van der Waals surface area contributed by atoms with E-state index >= 15 is 0 Å². The Hall–Kier alpha value is -2.17. The molecule has 1 saturated carbocycles. The minimum absolute atomic E-state index is 0.0389. The van der Waals surface area contributed by atoms with Crippen LogP contribution >= 0.6 is 0 Å². The smallest absolute Gasteiger partial charge is 0.226 e. The summed E-state index contributed by atoms with van der Waals surface area (Å²) in [5.41, 5.74) is 1.73. The van der Waals surface area contributed by atoms with Crippen molar-refractivity contribution in [3.8, 4) is 5.69 Å². The quantitative estimate of drug-likeness (QED) is 0.873. The number of aromatic nitrogens is 3. The number of nitrogens with one attached hydrogen (secondary N) is 1. The zero-order valence-electron chi connectivity index (χ0n) is 9.91. The van der Waals surface area contributed by atoms with Gasteiger partial charge in [-0.3, -0.25) is 4.79 Å². The van der Waals surface area contributed by atoms with Gasteiger partial charge in [-0.25, -0.2) is 4.68 Å². The molecule has 0 spiro atoms. The fraction of sp³-hybridized carbons (Fsp3) is 0.308. The van der Waals surface area contributed by atoms with Crippen LogP contribution in [0.3, 0.4) is 0 Å². The van der Waals surface area contributed by atoms with E-state index in [1.165, 1.54) is 0 Å². The number of carbonyl (C=O) groups excluding carboxylic acids is 1. The Morgan fingerprint density at radius 3 is 2.83 bits per heavy atom. The number of amides is 1. The summed E-state index contributed by atoms with van der Waals surface area (Å²) in [7, 11) is 0. The SMILES string of the molecule is O=C(Cc1cnnn1-c1ccccc1)NC1CC1. The van der Waals surface area contributed by atoms with E-state index in [1.54, 1.807) is 10.9 Å². The van der Waals surface area contributed by atoms with E-state index in [9.17, 15) is 4.79 Å². The van der Waals surface area contributed by atoms with Crippen LogP contribution in [0.15, 0.2) is 36.5 Å². The predicted molar refractivity (Wildman–Crippen MR) is 66.2 cm³/mol. The summed E-state index contributed by atoms with van der Waals surface area (Å²) in [5, 5.41) is 10.9. The molecule has 1 heterocycles. The number of hydrogen-bond acceptors (Lipinski definition) is 3. The summed E-state index contributed by atoms with van der Waals surface area (Å²) in [6.45, 7) is 0. The molecule has 92 valence electrons. The van der Waals surface area contributed by atoms with Gasteiger partial charge in [0.2, 0.25) is 5.91 Å². The van der Waals surface area contributed by atoms with E-state index in [1.807, 2.05) is 30.3 Å². The molecule has 1 aromatic heterocycles. The average molecular weight is 242 g/mol. The van der Waals surface area contributed by atoms with Crippen LogP contribution in [-0.2, 0) is 11.2 Å². The van der Waals surface area contributed by atoms with Gasteiger partial charge in [-0.2, -0.15) is 0 Å². The van der Waals surface area contributed by atoms with Gasteiger partial charge in [0.1, 0.15) is 0 Å². The molecule has 1 aliphatic rings. The summed E-state index contributed by atoms with van der Waals surface area (Å²) in [6, 6.07) is 10.1. The lowest BCUT2D eigenvalue weighted by Crippen LogP contribution is -2.27. The predicted octanol–water partition coefficient (Wildman–Crippen LogP) is 1.09. The third-order valence-electron chi connectivity index (χ3n) is 2.90. The third kappa shape index (κ3) is 2.40. The molecule has 5 heteroatoms. The van der Waals surface area contributed by atoms with E-state index in [4.69, 9.17) is 0 Å². The van der Waals surface area contributed by atoms with Crippen LogP contribution in [0.1, 0.15) is 18.5 Å². The van der Waals surface area contributed by atoms with Crippen molar-refractivity contribution in [2.45, 2.75) is 25.3 Å². The standard InChI is InChI=1S/C13H14N4O/c18-13(15-10-6-7-10)8-12-9-14-16-17(12)11-4-2-1-3-5-11/h1-5,9-10H,6-8H2,(H,15,18). The van der Waals surface area contributed by atoms with Crippen molar-refractivity contribution < 1.29 is 4.79 Å². The van der Waals surface area contributed by atoms with E-state index < -0.39 is 0 Å². The van der Waals surface area contributed by atoms with E-state index in [2.05, 4.69) is 15.6 Å². The number of para-hydroxylation sites is 1. The Bertz CT molecular complexity index is 545. The molecule has 0 atom stereocenters. The summed E-state index contributed by atoms with van der Waals surface area (Å²) >= 11 is 0. The van der Waals surface area contributed by atoms with Gasteiger partial charge in [-0.15, -0.1) is 5.10 Å². The van der Waals surface area contributed by atoms with Gasteiger partial charge in [-0.05, 0) is 25.0 Å². The van der Waals surface area contributed by atoms with Crippen molar-refractivity contribution in [1.82, 2.24) is 20.3 Å². The lowest BCUT2D eigenvalue weighted by atomic mass is 10.2. The minimum Gasteiger partial charge on any atom is -0.353 e. The van der Waals surface area contributed by atoms with Crippen LogP contribution in [0.5, 0.6) is 0 Å². The van der Waals surface area contributed by atoms with Gasteiger partial charge in [0.25, 0.3) is 0 Å². The van der Waals surface area contributed by atoms with Gasteiger partial charge >= 0.3 is 0 Å². The highest BCUT2D eigenvalue weighted by molar-refractivity contribution is 5.78. The maximum atomic E-state index is 11.8. The highest BCUT2D eigenvalue weighted by atomic mass is 16.1. The molecule has 0 aliphatic heterocycles. The first-order valence-electron chi connectivity index (χ1n) is 6.07. The fourth-order valence-electron chi connectivity index (χ4n) is 1.83. The van der Waals surface area contributed by atoms with E-state index in [0.29, 0.717) is 12.5 Å². The molecule has 1 amide bonds. The number of benzene rings is 1. The summed E-state index contributed by atoms with van der Waals surface area (Å²) in [5.74, 6) is 0.0389. The van der Waals surface area contributed by atoms with E-state index in [0.717, 1.165) is 24.2 Å². The third-order valence-corrected chi connectivity index (χ3v) is 2.90. The molecule has 0 radical (unpaired) electrons. The minimum atomic E-state index is 0.0389. The number of nitrogens with zero attached hydrogens (tertiary/aromatic N) is 3. The van der Waals surface area contributed by atoms with Crippen LogP contribution in [0.25, 0.3) is 5.69 Å². The topological polar surface area (TPSA) is 59.8 Å². The Morgan fingerprint density at radius 1 is 1.33 bits per heavy atom. The van der Waals surface area contributed by atoms with Gasteiger partial charge in [0, 0.05) is 6.04 Å². The maximum Gasteiger partial charge on any atom is 0.226 e. The van der Waals surface area contributed by atoms with Crippen molar-refractivity contribution in [2.24, 2.45) is 0 Å². The first kappa shape index (κ1) is 11.0. The molecule has 1 aliphatic carbocycles. The molecule has 18 heavy (non-hydrogen) atoms. The van der Waals surface area contributed by atoms with Crippen LogP contribution < -0.4 is 5.32 Å².